The van der Waals surface area contributed by atoms with Gasteiger partial charge in [-0.25, -0.2) is 4.68 Å². The molecule has 6 nitrogen and oxygen atoms in total. The second kappa shape index (κ2) is 9.71. The molecule has 2 aliphatic heterocycles. The first-order valence-electron chi connectivity index (χ1n) is 12.6. The molecule has 0 radical (unpaired) electrons. The van der Waals surface area contributed by atoms with Gasteiger partial charge in [-0.3, -0.25) is 14.5 Å². The zero-order valence-electron chi connectivity index (χ0n) is 21.7. The molecule has 4 heterocycles. The molecule has 1 saturated heterocycles. The SMILES string of the molecule is Cc1ccc(-n2nc(C(C)(C)C)c3c2N(CC(=O)N2CCCC2)C(=O)CS[C@H]3c2ccsc2)c(C)c1. The van der Waals surface area contributed by atoms with Gasteiger partial charge in [0.2, 0.25) is 11.8 Å². The molecule has 5 rings (SSSR count). The quantitative estimate of drug-likeness (QED) is 0.445. The highest BCUT2D eigenvalue weighted by Crippen LogP contribution is 2.49. The summed E-state index contributed by atoms with van der Waals surface area (Å²) in [6, 6.07) is 8.44. The fourth-order valence-electron chi connectivity index (χ4n) is 5.17. The summed E-state index contributed by atoms with van der Waals surface area (Å²) in [6.45, 7) is 12.2. The number of nitrogens with zero attached hydrogens (tertiary/aromatic N) is 4. The van der Waals surface area contributed by atoms with Crippen LogP contribution in [-0.2, 0) is 15.0 Å². The average molecular weight is 523 g/mol. The van der Waals surface area contributed by atoms with E-state index < -0.39 is 0 Å². The normalized spacial score (nSPS) is 18.5. The Morgan fingerprint density at radius 2 is 1.89 bits per heavy atom. The van der Waals surface area contributed by atoms with Crippen molar-refractivity contribution >= 4 is 40.7 Å². The molecular formula is C28H34N4O2S2. The van der Waals surface area contributed by atoms with Gasteiger partial charge in [0, 0.05) is 24.1 Å². The first-order chi connectivity index (χ1) is 17.1. The molecule has 190 valence electrons. The molecule has 0 saturated carbocycles. The first-order valence-corrected chi connectivity index (χ1v) is 14.6. The lowest BCUT2D eigenvalue weighted by Crippen LogP contribution is -2.43. The molecule has 1 fully saturated rings. The highest BCUT2D eigenvalue weighted by Gasteiger charge is 2.40. The monoisotopic (exact) mass is 522 g/mol. The minimum Gasteiger partial charge on any atom is -0.341 e. The fraction of sp³-hybridized carbons (Fsp3) is 0.464. The van der Waals surface area contributed by atoms with Crippen molar-refractivity contribution in [2.24, 2.45) is 0 Å². The number of thiophene rings is 1. The molecular weight excluding hydrogens is 488 g/mol. The first kappa shape index (κ1) is 25.1. The summed E-state index contributed by atoms with van der Waals surface area (Å²) < 4.78 is 1.94. The molecule has 36 heavy (non-hydrogen) atoms. The van der Waals surface area contributed by atoms with Crippen LogP contribution in [0.25, 0.3) is 5.69 Å². The molecule has 0 bridgehead atoms. The number of benzene rings is 1. The number of amides is 2. The molecule has 0 unspecified atom stereocenters. The highest BCUT2D eigenvalue weighted by atomic mass is 32.2. The fourth-order valence-corrected chi connectivity index (χ4v) is 7.13. The summed E-state index contributed by atoms with van der Waals surface area (Å²) in [4.78, 5) is 30.7. The van der Waals surface area contributed by atoms with Gasteiger partial charge >= 0.3 is 0 Å². The van der Waals surface area contributed by atoms with Crippen molar-refractivity contribution < 1.29 is 9.59 Å². The number of aromatic nitrogens is 2. The maximum absolute atomic E-state index is 13.7. The number of fused-ring (bicyclic) bond motifs is 1. The topological polar surface area (TPSA) is 58.4 Å². The van der Waals surface area contributed by atoms with E-state index in [0.29, 0.717) is 5.75 Å². The molecule has 8 heteroatoms. The lowest BCUT2D eigenvalue weighted by molar-refractivity contribution is -0.130. The maximum atomic E-state index is 13.7. The van der Waals surface area contributed by atoms with Crippen LogP contribution in [-0.4, -0.2) is 51.9 Å². The van der Waals surface area contributed by atoms with Crippen molar-refractivity contribution in [1.29, 1.82) is 0 Å². The Hall–Kier alpha value is -2.58. The number of rotatable bonds is 4. The number of likely N-dealkylation sites (tertiary alicyclic amines) is 1. The van der Waals surface area contributed by atoms with Crippen LogP contribution in [0.1, 0.15) is 66.8 Å². The predicted octanol–water partition coefficient (Wildman–Crippen LogP) is 5.64. The van der Waals surface area contributed by atoms with Gasteiger partial charge in [0.05, 0.1) is 22.4 Å². The lowest BCUT2D eigenvalue weighted by atomic mass is 9.87. The molecule has 2 amide bonds. The van der Waals surface area contributed by atoms with E-state index in [-0.39, 0.29) is 29.0 Å². The summed E-state index contributed by atoms with van der Waals surface area (Å²) in [5.41, 5.74) is 6.14. The van der Waals surface area contributed by atoms with Gasteiger partial charge in [-0.05, 0) is 60.7 Å². The molecule has 2 aromatic heterocycles. The summed E-state index contributed by atoms with van der Waals surface area (Å²) in [7, 11) is 0. The molecule has 1 aromatic carbocycles. The van der Waals surface area contributed by atoms with Gasteiger partial charge in [0.1, 0.15) is 12.4 Å². The minimum atomic E-state index is -0.249. The maximum Gasteiger partial charge on any atom is 0.242 e. The van der Waals surface area contributed by atoms with Gasteiger partial charge < -0.3 is 4.90 Å². The predicted molar refractivity (Wildman–Crippen MR) is 149 cm³/mol. The number of carbonyl (C=O) groups excluding carboxylic acids is 2. The number of carbonyl (C=O) groups is 2. The zero-order chi connectivity index (χ0) is 25.6. The summed E-state index contributed by atoms with van der Waals surface area (Å²) in [5.74, 6) is 1.03. The Morgan fingerprint density at radius 3 is 2.53 bits per heavy atom. The van der Waals surface area contributed by atoms with Crippen LogP contribution in [0, 0.1) is 13.8 Å². The summed E-state index contributed by atoms with van der Waals surface area (Å²) in [6.07, 6.45) is 2.05. The van der Waals surface area contributed by atoms with E-state index in [2.05, 4.69) is 69.6 Å². The Balaban J connectivity index is 1.76. The Bertz CT molecular complexity index is 1280. The molecule has 2 aliphatic rings. The van der Waals surface area contributed by atoms with Crippen LogP contribution in [0.15, 0.2) is 35.0 Å². The van der Waals surface area contributed by atoms with Crippen molar-refractivity contribution in [2.45, 2.75) is 58.1 Å². The third-order valence-electron chi connectivity index (χ3n) is 6.98. The third kappa shape index (κ3) is 4.61. The van der Waals surface area contributed by atoms with Crippen LogP contribution in [0.4, 0.5) is 5.82 Å². The standard InChI is InChI=1S/C28H34N4O2S2/c1-18-8-9-21(19(2)14-18)32-27-24(26(29-32)28(3,4)5)25(20-10-13-35-16-20)36-17-23(34)31(27)15-22(33)30-11-6-7-12-30/h8-10,13-14,16,25H,6-7,11-12,15,17H2,1-5H3/t25-/m0/s1. The van der Waals surface area contributed by atoms with Crippen molar-refractivity contribution in [3.05, 3.63) is 63.0 Å². The number of hydrogen-bond acceptors (Lipinski definition) is 5. The molecule has 3 aromatic rings. The second-order valence-corrected chi connectivity index (χ2v) is 12.7. The number of anilines is 1. The van der Waals surface area contributed by atoms with E-state index in [1.807, 2.05) is 9.58 Å². The number of thioether (sulfide) groups is 1. The molecule has 1 atom stereocenters. The molecule has 0 N–H and O–H groups in total. The van der Waals surface area contributed by atoms with Crippen LogP contribution >= 0.6 is 23.1 Å². The van der Waals surface area contributed by atoms with Crippen LogP contribution in [0.5, 0.6) is 0 Å². The average Bonchev–Trinajstić information content (AvgIpc) is 3.57. The van der Waals surface area contributed by atoms with Crippen molar-refractivity contribution in [3.63, 3.8) is 0 Å². The van der Waals surface area contributed by atoms with Crippen LogP contribution in [0.3, 0.4) is 0 Å². The third-order valence-corrected chi connectivity index (χ3v) is 8.93. The van der Waals surface area contributed by atoms with Crippen LogP contribution < -0.4 is 4.90 Å². The van der Waals surface area contributed by atoms with Gasteiger partial charge in [0.25, 0.3) is 0 Å². The zero-order valence-corrected chi connectivity index (χ0v) is 23.3. The highest BCUT2D eigenvalue weighted by molar-refractivity contribution is 8.00. The van der Waals surface area contributed by atoms with Crippen LogP contribution in [0.2, 0.25) is 0 Å². The Morgan fingerprint density at radius 1 is 1.14 bits per heavy atom. The van der Waals surface area contributed by atoms with Gasteiger partial charge in [-0.1, -0.05) is 38.5 Å². The van der Waals surface area contributed by atoms with Crippen molar-refractivity contribution in [1.82, 2.24) is 14.7 Å². The van der Waals surface area contributed by atoms with E-state index in [4.69, 9.17) is 5.10 Å². The molecule has 0 spiro atoms. The second-order valence-electron chi connectivity index (χ2n) is 10.9. The van der Waals surface area contributed by atoms with Gasteiger partial charge in [0.15, 0.2) is 0 Å². The number of aryl methyl sites for hydroxylation is 2. The van der Waals surface area contributed by atoms with E-state index in [9.17, 15) is 9.59 Å². The van der Waals surface area contributed by atoms with Crippen molar-refractivity contribution in [2.75, 3.05) is 30.3 Å². The van der Waals surface area contributed by atoms with E-state index in [1.165, 1.54) is 11.1 Å². The molecule has 0 aliphatic carbocycles. The Labute approximate surface area is 221 Å². The van der Waals surface area contributed by atoms with E-state index >= 15 is 0 Å². The van der Waals surface area contributed by atoms with E-state index in [0.717, 1.165) is 54.3 Å². The summed E-state index contributed by atoms with van der Waals surface area (Å²) in [5, 5.41) is 9.42. The van der Waals surface area contributed by atoms with Gasteiger partial charge in [-0.15, -0.1) is 11.8 Å². The van der Waals surface area contributed by atoms with Crippen molar-refractivity contribution in [3.8, 4) is 5.69 Å². The Kier molecular flexibility index (Phi) is 6.76. The minimum absolute atomic E-state index is 0.0106. The largest absolute Gasteiger partial charge is 0.341 e. The smallest absolute Gasteiger partial charge is 0.242 e. The lowest BCUT2D eigenvalue weighted by Gasteiger charge is -2.26. The summed E-state index contributed by atoms with van der Waals surface area (Å²) >= 11 is 3.30. The number of hydrogen-bond donors (Lipinski definition) is 0. The van der Waals surface area contributed by atoms with Gasteiger partial charge in [-0.2, -0.15) is 16.4 Å². The van der Waals surface area contributed by atoms with E-state index in [1.54, 1.807) is 28.0 Å².